The second kappa shape index (κ2) is 6.21. The molecule has 0 aliphatic rings. The molecule has 3 nitrogen and oxygen atoms in total. The second-order valence-electron chi connectivity index (χ2n) is 4.23. The van der Waals surface area contributed by atoms with Gasteiger partial charge in [0.15, 0.2) is 0 Å². The van der Waals surface area contributed by atoms with Gasteiger partial charge in [-0.1, -0.05) is 17.7 Å². The maximum absolute atomic E-state index is 13.0. The normalized spacial score (nSPS) is 12.9. The molecule has 0 saturated heterocycles. The van der Waals surface area contributed by atoms with E-state index < -0.39 is 23.7 Å². The summed E-state index contributed by atoms with van der Waals surface area (Å²) in [7, 11) is 1.18. The van der Waals surface area contributed by atoms with E-state index in [-0.39, 0.29) is 23.1 Å². The quantitative estimate of drug-likeness (QED) is 0.845. The Kier molecular flexibility index (Phi) is 5.25. The van der Waals surface area contributed by atoms with Gasteiger partial charge >= 0.3 is 6.18 Å². The number of aromatic nitrogens is 2. The molecule has 2 N–H and O–H groups in total. The molecule has 1 aromatic heterocycles. The van der Waals surface area contributed by atoms with Crippen molar-refractivity contribution in [2.24, 2.45) is 12.8 Å². The molecule has 0 aliphatic heterocycles. The van der Waals surface area contributed by atoms with Gasteiger partial charge in [0.1, 0.15) is 11.5 Å². The Morgan fingerprint density at radius 3 is 2.38 bits per heavy atom. The van der Waals surface area contributed by atoms with E-state index in [1.807, 2.05) is 0 Å². The number of hydrogen-bond acceptors (Lipinski definition) is 2. The topological polar surface area (TPSA) is 43.8 Å². The number of benzene rings is 1. The van der Waals surface area contributed by atoms with Crippen LogP contribution in [0.1, 0.15) is 23.0 Å². The van der Waals surface area contributed by atoms with Crippen molar-refractivity contribution in [1.29, 1.82) is 0 Å². The van der Waals surface area contributed by atoms with E-state index in [0.29, 0.717) is 10.2 Å². The van der Waals surface area contributed by atoms with Crippen molar-refractivity contribution in [1.82, 2.24) is 9.78 Å². The smallest absolute Gasteiger partial charge is 0.319 e. The summed E-state index contributed by atoms with van der Waals surface area (Å²) >= 11 is 5.62. The van der Waals surface area contributed by atoms with Gasteiger partial charge in [0.2, 0.25) is 0 Å². The maximum Gasteiger partial charge on any atom is 0.433 e. The predicted molar refractivity (Wildman–Crippen MR) is 72.9 cm³/mol. The number of halogens is 6. The van der Waals surface area contributed by atoms with Gasteiger partial charge in [-0.15, -0.1) is 12.4 Å². The number of alkyl halides is 3. The van der Waals surface area contributed by atoms with Gasteiger partial charge in [0.25, 0.3) is 0 Å². The Morgan fingerprint density at radius 2 is 1.90 bits per heavy atom. The predicted octanol–water partition coefficient (Wildman–Crippen LogP) is 3.70. The van der Waals surface area contributed by atoms with Crippen LogP contribution < -0.4 is 5.73 Å². The average Bonchev–Trinajstić information content (AvgIpc) is 2.74. The summed E-state index contributed by atoms with van der Waals surface area (Å²) in [5, 5.41) is 3.59. The monoisotopic (exact) mass is 343 g/mol. The summed E-state index contributed by atoms with van der Waals surface area (Å²) in [4.78, 5) is 0. The Hall–Kier alpha value is -1.31. The molecule has 0 aliphatic carbocycles. The Morgan fingerprint density at radius 1 is 1.29 bits per heavy atom. The largest absolute Gasteiger partial charge is 0.433 e. The first-order valence-electron chi connectivity index (χ1n) is 5.52. The zero-order chi connectivity index (χ0) is 15.1. The molecule has 1 unspecified atom stereocenters. The summed E-state index contributed by atoms with van der Waals surface area (Å²) in [5.41, 5.74) is 5.34. The third-order valence-corrected chi connectivity index (χ3v) is 3.10. The molecular weight excluding hydrogens is 333 g/mol. The highest BCUT2D eigenvalue weighted by Crippen LogP contribution is 2.31. The molecule has 1 aromatic carbocycles. The maximum atomic E-state index is 13.0. The fourth-order valence-corrected chi connectivity index (χ4v) is 1.97. The fraction of sp³-hybridized carbons (Fsp3) is 0.250. The molecule has 2 rings (SSSR count). The van der Waals surface area contributed by atoms with E-state index >= 15 is 0 Å². The molecule has 9 heteroatoms. The Bertz CT molecular complexity index is 640. The summed E-state index contributed by atoms with van der Waals surface area (Å²) in [5.74, 6) is -0.625. The minimum atomic E-state index is -4.51. The van der Waals surface area contributed by atoms with Crippen LogP contribution in [0.3, 0.4) is 0 Å². The van der Waals surface area contributed by atoms with Gasteiger partial charge in [-0.25, -0.2) is 4.39 Å². The van der Waals surface area contributed by atoms with Crippen molar-refractivity contribution in [2.45, 2.75) is 12.2 Å². The van der Waals surface area contributed by atoms with Crippen LogP contribution in [0.15, 0.2) is 24.3 Å². The van der Waals surface area contributed by atoms with Crippen molar-refractivity contribution < 1.29 is 17.6 Å². The first kappa shape index (κ1) is 17.7. The lowest BCUT2D eigenvalue weighted by atomic mass is 10.0. The fourth-order valence-electron chi connectivity index (χ4n) is 1.78. The van der Waals surface area contributed by atoms with Gasteiger partial charge in [-0.05, 0) is 23.8 Å². The van der Waals surface area contributed by atoms with Crippen molar-refractivity contribution in [3.63, 3.8) is 0 Å². The highest BCUT2D eigenvalue weighted by molar-refractivity contribution is 6.30. The summed E-state index contributed by atoms with van der Waals surface area (Å²) in [6.45, 7) is 0. The number of rotatable bonds is 2. The standard InChI is InChI=1S/C12H10ClF4N3.ClH/c1-20-10(12(15,16)17)5-9(19-20)11(18)6-2-3-8(14)7(13)4-6;/h2-5,11H,18H2,1H3;1H. The van der Waals surface area contributed by atoms with E-state index in [1.165, 1.54) is 19.2 Å². The number of nitrogens with two attached hydrogens (primary N) is 1. The molecule has 0 bridgehead atoms. The van der Waals surface area contributed by atoms with Crippen LogP contribution in [0.5, 0.6) is 0 Å². The third kappa shape index (κ3) is 3.66. The van der Waals surface area contributed by atoms with E-state index in [1.54, 1.807) is 0 Å². The van der Waals surface area contributed by atoms with Crippen molar-refractivity contribution in [3.05, 3.63) is 52.1 Å². The third-order valence-electron chi connectivity index (χ3n) is 2.81. The van der Waals surface area contributed by atoms with Crippen LogP contribution in [-0.4, -0.2) is 9.78 Å². The Balaban J connectivity index is 0.00000220. The highest BCUT2D eigenvalue weighted by Gasteiger charge is 2.35. The van der Waals surface area contributed by atoms with Crippen molar-refractivity contribution >= 4 is 24.0 Å². The van der Waals surface area contributed by atoms with E-state index in [4.69, 9.17) is 17.3 Å². The van der Waals surface area contributed by atoms with Gasteiger partial charge in [-0.3, -0.25) is 4.68 Å². The van der Waals surface area contributed by atoms with Gasteiger partial charge in [-0.2, -0.15) is 18.3 Å². The van der Waals surface area contributed by atoms with Crippen LogP contribution in [0.4, 0.5) is 17.6 Å². The zero-order valence-electron chi connectivity index (χ0n) is 10.7. The van der Waals surface area contributed by atoms with Crippen LogP contribution in [0.2, 0.25) is 5.02 Å². The van der Waals surface area contributed by atoms with Crippen molar-refractivity contribution in [3.8, 4) is 0 Å². The minimum Gasteiger partial charge on any atom is -0.319 e. The van der Waals surface area contributed by atoms with Crippen LogP contribution in [0.25, 0.3) is 0 Å². The first-order valence-corrected chi connectivity index (χ1v) is 5.89. The second-order valence-corrected chi connectivity index (χ2v) is 4.63. The van der Waals surface area contributed by atoms with E-state index in [2.05, 4.69) is 5.10 Å². The van der Waals surface area contributed by atoms with E-state index in [0.717, 1.165) is 12.1 Å². The number of aryl methyl sites for hydroxylation is 1. The lowest BCUT2D eigenvalue weighted by Gasteiger charge is -2.09. The lowest BCUT2D eigenvalue weighted by Crippen LogP contribution is -2.13. The molecule has 1 atom stereocenters. The minimum absolute atomic E-state index is 0. The molecule has 2 aromatic rings. The molecule has 21 heavy (non-hydrogen) atoms. The number of hydrogen-bond donors (Lipinski definition) is 1. The molecule has 0 saturated carbocycles. The molecule has 0 spiro atoms. The first-order chi connectivity index (χ1) is 9.20. The zero-order valence-corrected chi connectivity index (χ0v) is 12.2. The summed E-state index contributed by atoms with van der Waals surface area (Å²) in [6.07, 6.45) is -4.51. The Labute approximate surface area is 129 Å². The number of nitrogens with zero attached hydrogens (tertiary/aromatic N) is 2. The lowest BCUT2D eigenvalue weighted by molar-refractivity contribution is -0.143. The average molecular weight is 344 g/mol. The molecule has 1 heterocycles. The summed E-state index contributed by atoms with van der Waals surface area (Å²) < 4.78 is 51.8. The van der Waals surface area contributed by atoms with Gasteiger partial charge in [0.05, 0.1) is 16.8 Å². The van der Waals surface area contributed by atoms with Crippen molar-refractivity contribution in [2.75, 3.05) is 0 Å². The van der Waals surface area contributed by atoms with Crippen LogP contribution in [-0.2, 0) is 13.2 Å². The molecule has 0 fully saturated rings. The SMILES string of the molecule is Cl.Cn1nc(C(N)c2ccc(F)c(Cl)c2)cc1C(F)(F)F. The molecule has 0 radical (unpaired) electrons. The molecule has 116 valence electrons. The highest BCUT2D eigenvalue weighted by atomic mass is 35.5. The van der Waals surface area contributed by atoms with Crippen LogP contribution in [0, 0.1) is 5.82 Å². The molecule has 0 amide bonds. The van der Waals surface area contributed by atoms with Crippen LogP contribution >= 0.6 is 24.0 Å². The van der Waals surface area contributed by atoms with Gasteiger partial charge in [0, 0.05) is 7.05 Å². The van der Waals surface area contributed by atoms with E-state index in [9.17, 15) is 17.6 Å². The van der Waals surface area contributed by atoms with Gasteiger partial charge < -0.3 is 5.73 Å². The molecular formula is C12H11Cl2F4N3. The summed E-state index contributed by atoms with van der Waals surface area (Å²) in [6, 6.07) is 3.67.